The van der Waals surface area contributed by atoms with Gasteiger partial charge in [-0.1, -0.05) is 6.58 Å². The lowest BCUT2D eigenvalue weighted by Crippen LogP contribution is -2.42. The summed E-state index contributed by atoms with van der Waals surface area (Å²) in [6.45, 7) is 9.77. The molecule has 0 radical (unpaired) electrons. The number of ether oxygens (including phenoxy) is 2. The van der Waals surface area contributed by atoms with Crippen LogP contribution in [0.5, 0.6) is 17.2 Å². The average molecular weight is 537 g/mol. The molecule has 11 nitrogen and oxygen atoms in total. The second kappa shape index (κ2) is 10.5. The standard InChI is InChI=1S/C29H28N8O3/c1-4-28(38)36-11-10-35(5-2)24-14-22-23(15-26(24)39-18-36)30-16-32-29(22)34-20-6-7-25(19(3)12-20)40-21-8-9-37-27(13-21)31-17-33-37/h4,6-9,12-17H,1,5,10-11,18H2,2-3H3,(H,30,32,34). The fourth-order valence-corrected chi connectivity index (χ4v) is 4.71. The third-order valence-corrected chi connectivity index (χ3v) is 6.86. The number of nitrogens with zero attached hydrogens (tertiary/aromatic N) is 7. The van der Waals surface area contributed by atoms with Gasteiger partial charge >= 0.3 is 0 Å². The quantitative estimate of drug-likeness (QED) is 0.309. The summed E-state index contributed by atoms with van der Waals surface area (Å²) in [5.74, 6) is 2.62. The Morgan fingerprint density at radius 3 is 2.85 bits per heavy atom. The smallest absolute Gasteiger partial charge is 0.248 e. The summed E-state index contributed by atoms with van der Waals surface area (Å²) >= 11 is 0. The van der Waals surface area contributed by atoms with E-state index in [2.05, 4.69) is 43.8 Å². The molecule has 1 aliphatic rings. The van der Waals surface area contributed by atoms with Crippen LogP contribution in [-0.2, 0) is 4.79 Å². The number of benzene rings is 2. The van der Waals surface area contributed by atoms with Crippen LogP contribution >= 0.6 is 0 Å². The van der Waals surface area contributed by atoms with Crippen LogP contribution < -0.4 is 19.7 Å². The van der Waals surface area contributed by atoms with Crippen molar-refractivity contribution < 1.29 is 14.3 Å². The van der Waals surface area contributed by atoms with Crippen molar-refractivity contribution in [2.75, 3.05) is 36.6 Å². The number of nitrogens with one attached hydrogen (secondary N) is 1. The third kappa shape index (κ3) is 4.84. The summed E-state index contributed by atoms with van der Waals surface area (Å²) in [4.78, 5) is 29.3. The molecule has 6 rings (SSSR count). The lowest BCUT2D eigenvalue weighted by molar-refractivity contribution is -0.128. The molecular formula is C29H28N8O3. The van der Waals surface area contributed by atoms with Gasteiger partial charge in [0, 0.05) is 49.0 Å². The van der Waals surface area contributed by atoms with Crippen LogP contribution in [0.4, 0.5) is 17.2 Å². The molecule has 0 atom stereocenters. The summed E-state index contributed by atoms with van der Waals surface area (Å²) in [6.07, 6.45) is 6.16. The highest BCUT2D eigenvalue weighted by molar-refractivity contribution is 5.95. The van der Waals surface area contributed by atoms with Gasteiger partial charge in [0.15, 0.2) is 12.4 Å². The number of rotatable bonds is 6. The number of hydrogen-bond acceptors (Lipinski definition) is 9. The number of pyridine rings is 1. The summed E-state index contributed by atoms with van der Waals surface area (Å²) in [5, 5.41) is 8.42. The summed E-state index contributed by atoms with van der Waals surface area (Å²) in [7, 11) is 0. The molecule has 3 aromatic heterocycles. The predicted octanol–water partition coefficient (Wildman–Crippen LogP) is 4.71. The van der Waals surface area contributed by atoms with Gasteiger partial charge in [0.25, 0.3) is 0 Å². The van der Waals surface area contributed by atoms with Gasteiger partial charge in [0.05, 0.1) is 11.2 Å². The summed E-state index contributed by atoms with van der Waals surface area (Å²) in [6, 6.07) is 13.5. The highest BCUT2D eigenvalue weighted by Gasteiger charge is 2.22. The first-order valence-electron chi connectivity index (χ1n) is 12.9. The van der Waals surface area contributed by atoms with Gasteiger partial charge in [-0.25, -0.2) is 19.5 Å². The van der Waals surface area contributed by atoms with E-state index < -0.39 is 0 Å². The molecule has 1 N–H and O–H groups in total. The van der Waals surface area contributed by atoms with Gasteiger partial charge in [-0.05, 0) is 55.8 Å². The normalized spacial score (nSPS) is 13.3. The number of aryl methyl sites for hydroxylation is 1. The number of carbonyl (C=O) groups is 1. The molecule has 0 saturated carbocycles. The Morgan fingerprint density at radius 2 is 2.02 bits per heavy atom. The topological polar surface area (TPSA) is 110 Å². The van der Waals surface area contributed by atoms with E-state index in [1.165, 1.54) is 18.7 Å². The molecule has 0 fully saturated rings. The lowest BCUT2D eigenvalue weighted by atomic mass is 10.1. The number of aromatic nitrogens is 5. The maximum atomic E-state index is 12.2. The largest absolute Gasteiger partial charge is 0.471 e. The molecule has 0 saturated heterocycles. The maximum absolute atomic E-state index is 12.2. The molecule has 0 unspecified atom stereocenters. The first-order chi connectivity index (χ1) is 19.5. The second-order valence-corrected chi connectivity index (χ2v) is 9.35. The molecule has 4 heterocycles. The van der Waals surface area contributed by atoms with E-state index in [1.807, 2.05) is 55.6 Å². The van der Waals surface area contributed by atoms with E-state index >= 15 is 0 Å². The minimum absolute atomic E-state index is 0.150. The highest BCUT2D eigenvalue weighted by atomic mass is 16.5. The van der Waals surface area contributed by atoms with E-state index in [0.29, 0.717) is 36.1 Å². The summed E-state index contributed by atoms with van der Waals surface area (Å²) in [5.41, 5.74) is 4.20. The first kappa shape index (κ1) is 25.1. The van der Waals surface area contributed by atoms with Gasteiger partial charge < -0.3 is 24.6 Å². The molecular weight excluding hydrogens is 508 g/mol. The van der Waals surface area contributed by atoms with Crippen LogP contribution in [0.1, 0.15) is 12.5 Å². The summed E-state index contributed by atoms with van der Waals surface area (Å²) < 4.78 is 13.9. The average Bonchev–Trinajstić information content (AvgIpc) is 3.43. The zero-order chi connectivity index (χ0) is 27.6. The molecule has 0 aliphatic carbocycles. The number of hydrogen-bond donors (Lipinski definition) is 1. The van der Waals surface area contributed by atoms with E-state index in [4.69, 9.17) is 9.47 Å². The Labute approximate surface area is 230 Å². The van der Waals surface area contributed by atoms with E-state index in [0.717, 1.165) is 40.1 Å². The zero-order valence-corrected chi connectivity index (χ0v) is 22.2. The number of carbonyl (C=O) groups excluding carboxylic acids is 1. The van der Waals surface area contributed by atoms with Crippen molar-refractivity contribution in [3.8, 4) is 17.2 Å². The van der Waals surface area contributed by atoms with Crippen molar-refractivity contribution in [3.05, 3.63) is 79.5 Å². The zero-order valence-electron chi connectivity index (χ0n) is 22.2. The van der Waals surface area contributed by atoms with Crippen LogP contribution in [0.3, 0.4) is 0 Å². The molecule has 202 valence electrons. The molecule has 0 spiro atoms. The molecule has 2 aromatic carbocycles. The maximum Gasteiger partial charge on any atom is 0.248 e. The fraction of sp³-hybridized carbons (Fsp3) is 0.207. The number of amides is 1. The number of anilines is 3. The van der Waals surface area contributed by atoms with Gasteiger partial charge in [0.2, 0.25) is 5.91 Å². The van der Waals surface area contributed by atoms with Crippen LogP contribution in [0.15, 0.2) is 74.0 Å². The molecule has 1 aliphatic heterocycles. The number of fused-ring (bicyclic) bond motifs is 3. The van der Waals surface area contributed by atoms with Gasteiger partial charge in [-0.3, -0.25) is 4.79 Å². The van der Waals surface area contributed by atoms with Crippen molar-refractivity contribution in [3.63, 3.8) is 0 Å². The van der Waals surface area contributed by atoms with Gasteiger partial charge in [0.1, 0.15) is 35.7 Å². The predicted molar refractivity (Wildman–Crippen MR) is 152 cm³/mol. The van der Waals surface area contributed by atoms with Crippen molar-refractivity contribution in [2.45, 2.75) is 13.8 Å². The van der Waals surface area contributed by atoms with E-state index in [-0.39, 0.29) is 12.6 Å². The lowest BCUT2D eigenvalue weighted by Gasteiger charge is -2.33. The third-order valence-electron chi connectivity index (χ3n) is 6.86. The van der Waals surface area contributed by atoms with Crippen LogP contribution in [-0.4, -0.2) is 61.7 Å². The van der Waals surface area contributed by atoms with Crippen LogP contribution in [0, 0.1) is 6.92 Å². The van der Waals surface area contributed by atoms with Crippen molar-refractivity contribution >= 4 is 39.6 Å². The fourth-order valence-electron chi connectivity index (χ4n) is 4.71. The Bertz CT molecular complexity index is 1730. The van der Waals surface area contributed by atoms with Crippen LogP contribution in [0.25, 0.3) is 16.6 Å². The van der Waals surface area contributed by atoms with E-state index in [1.54, 1.807) is 9.42 Å². The Morgan fingerprint density at radius 1 is 1.12 bits per heavy atom. The van der Waals surface area contributed by atoms with E-state index in [9.17, 15) is 4.79 Å². The minimum atomic E-state index is -0.155. The molecule has 11 heteroatoms. The first-order valence-corrected chi connectivity index (χ1v) is 12.9. The Hall–Kier alpha value is -5.19. The minimum Gasteiger partial charge on any atom is -0.471 e. The molecule has 5 aromatic rings. The SMILES string of the molecule is C=CC(=O)N1CCN(CC)c2cc3c(Nc4ccc(Oc5ccn6ncnc6c5)c(C)c4)ncnc3cc2OC1. The number of likely N-dealkylation sites (N-methyl/N-ethyl adjacent to an activating group) is 1. The monoisotopic (exact) mass is 536 g/mol. The highest BCUT2D eigenvalue weighted by Crippen LogP contribution is 2.37. The molecule has 40 heavy (non-hydrogen) atoms. The van der Waals surface area contributed by atoms with Crippen LogP contribution in [0.2, 0.25) is 0 Å². The van der Waals surface area contributed by atoms with Crippen molar-refractivity contribution in [1.82, 2.24) is 29.5 Å². The van der Waals surface area contributed by atoms with Gasteiger partial charge in [-0.2, -0.15) is 5.10 Å². The molecule has 0 bridgehead atoms. The second-order valence-electron chi connectivity index (χ2n) is 9.35. The molecule has 1 amide bonds. The van der Waals surface area contributed by atoms with Gasteiger partial charge in [-0.15, -0.1) is 0 Å². The Balaban J connectivity index is 1.27. The van der Waals surface area contributed by atoms with Crippen molar-refractivity contribution in [2.24, 2.45) is 0 Å². The Kier molecular flexibility index (Phi) is 6.61. The van der Waals surface area contributed by atoms with Crippen molar-refractivity contribution in [1.29, 1.82) is 0 Å².